The minimum absolute atomic E-state index is 0.461. The van der Waals surface area contributed by atoms with Gasteiger partial charge in [-0.3, -0.25) is 0 Å². The smallest absolute Gasteiger partial charge is 0.220 e. The van der Waals surface area contributed by atoms with Crippen LogP contribution in [0.2, 0.25) is 0 Å². The molecular weight excluding hydrogens is 376 g/mol. The number of ether oxygens (including phenoxy) is 4. The van der Waals surface area contributed by atoms with Gasteiger partial charge in [0.2, 0.25) is 11.8 Å². The lowest BCUT2D eigenvalue weighted by molar-refractivity contribution is 0.105. The topological polar surface area (TPSA) is 62.7 Å². The van der Waals surface area contributed by atoms with Crippen LogP contribution < -0.4 is 14.2 Å². The zero-order chi connectivity index (χ0) is 19.8. The normalized spacial score (nSPS) is 10.5. The van der Waals surface area contributed by atoms with E-state index in [-0.39, 0.29) is 0 Å². The Morgan fingerprint density at radius 1 is 0.786 bits per heavy atom. The fourth-order valence-electron chi connectivity index (χ4n) is 2.46. The van der Waals surface area contributed by atoms with Crippen LogP contribution >= 0.6 is 11.8 Å². The summed E-state index contributed by atoms with van der Waals surface area (Å²) in [5.74, 6) is 1.75. The molecule has 0 amide bonds. The number of benzene rings is 2. The predicted octanol–water partition coefficient (Wildman–Crippen LogP) is 4.37. The molecule has 0 aliphatic heterocycles. The van der Waals surface area contributed by atoms with Crippen molar-refractivity contribution < 1.29 is 18.9 Å². The molecule has 0 saturated heterocycles. The van der Waals surface area contributed by atoms with E-state index in [1.165, 1.54) is 11.8 Å². The van der Waals surface area contributed by atoms with Gasteiger partial charge in [-0.1, -0.05) is 30.3 Å². The third kappa shape index (κ3) is 5.37. The second-order valence-electron chi connectivity index (χ2n) is 5.79. The molecule has 0 atom stereocenters. The third-order valence-electron chi connectivity index (χ3n) is 3.94. The molecule has 0 unspecified atom stereocenters. The summed E-state index contributed by atoms with van der Waals surface area (Å²) in [4.78, 5) is 9.78. The molecule has 1 heterocycles. The Balaban J connectivity index is 1.67. The van der Waals surface area contributed by atoms with Gasteiger partial charge in [0.1, 0.15) is 5.75 Å². The number of rotatable bonds is 9. The van der Waals surface area contributed by atoms with Crippen LogP contribution in [0.1, 0.15) is 11.1 Å². The van der Waals surface area contributed by atoms with E-state index in [2.05, 4.69) is 9.97 Å². The van der Waals surface area contributed by atoms with Crippen molar-refractivity contribution in [3.63, 3.8) is 0 Å². The first-order valence-corrected chi connectivity index (χ1v) is 9.47. The molecule has 3 aromatic rings. The highest BCUT2D eigenvalue weighted by atomic mass is 32.2. The molecule has 6 nitrogen and oxygen atoms in total. The summed E-state index contributed by atoms with van der Waals surface area (Å²) in [6.45, 7) is 1.00. The van der Waals surface area contributed by atoms with E-state index in [0.717, 1.165) is 21.8 Å². The van der Waals surface area contributed by atoms with Gasteiger partial charge in [-0.15, -0.1) is 0 Å². The van der Waals surface area contributed by atoms with Crippen LogP contribution in [0, 0.1) is 0 Å². The molecule has 0 saturated carbocycles. The number of aromatic nitrogens is 2. The summed E-state index contributed by atoms with van der Waals surface area (Å²) < 4.78 is 21.5. The fraction of sp³-hybridized carbons (Fsp3) is 0.238. The molecule has 0 spiro atoms. The fourth-order valence-corrected chi connectivity index (χ4v) is 3.33. The van der Waals surface area contributed by atoms with E-state index in [4.69, 9.17) is 18.9 Å². The van der Waals surface area contributed by atoms with Gasteiger partial charge in [0.25, 0.3) is 0 Å². The first kappa shape index (κ1) is 20.0. The van der Waals surface area contributed by atoms with Crippen molar-refractivity contribution in [1.29, 1.82) is 0 Å². The lowest BCUT2D eigenvalue weighted by atomic mass is 10.2. The zero-order valence-corrected chi connectivity index (χ0v) is 16.9. The van der Waals surface area contributed by atoms with E-state index in [0.29, 0.717) is 30.1 Å². The second kappa shape index (κ2) is 9.96. The summed E-state index contributed by atoms with van der Waals surface area (Å²) in [7, 11) is 4.79. The molecule has 146 valence electrons. The van der Waals surface area contributed by atoms with E-state index >= 15 is 0 Å². The van der Waals surface area contributed by atoms with Crippen LogP contribution in [-0.4, -0.2) is 31.3 Å². The molecule has 0 N–H and O–H groups in total. The van der Waals surface area contributed by atoms with Crippen molar-refractivity contribution in [2.45, 2.75) is 23.3 Å². The number of hydrogen-bond donors (Lipinski definition) is 0. The van der Waals surface area contributed by atoms with Crippen LogP contribution in [0.5, 0.6) is 17.5 Å². The maximum absolute atomic E-state index is 5.90. The summed E-state index contributed by atoms with van der Waals surface area (Å²) in [6, 6.07) is 17.5. The second-order valence-corrected chi connectivity index (χ2v) is 6.79. The lowest BCUT2D eigenvalue weighted by Gasteiger charge is -2.11. The molecule has 0 bridgehead atoms. The highest BCUT2D eigenvalue weighted by Crippen LogP contribution is 2.31. The molecule has 0 fully saturated rings. The molecule has 1 aromatic heterocycles. The van der Waals surface area contributed by atoms with E-state index in [1.807, 2.05) is 48.5 Å². The Bertz CT molecular complexity index is 881. The van der Waals surface area contributed by atoms with E-state index in [9.17, 15) is 0 Å². The van der Waals surface area contributed by atoms with Gasteiger partial charge in [0, 0.05) is 4.90 Å². The summed E-state index contributed by atoms with van der Waals surface area (Å²) in [5, 5.41) is 0.554. The van der Waals surface area contributed by atoms with Gasteiger partial charge in [0.15, 0.2) is 5.16 Å². The minimum atomic E-state index is 0.461. The SMILES string of the molecule is COc1ccc(COCc2ccccc2Sc2nc(OC)cc(OC)n2)cc1. The number of nitrogens with zero attached hydrogens (tertiary/aromatic N) is 2. The zero-order valence-electron chi connectivity index (χ0n) is 16.0. The average molecular weight is 398 g/mol. The molecule has 0 aliphatic carbocycles. The van der Waals surface area contributed by atoms with Crippen molar-refractivity contribution in [1.82, 2.24) is 9.97 Å². The third-order valence-corrected chi connectivity index (χ3v) is 4.92. The monoisotopic (exact) mass is 398 g/mol. The molecule has 3 rings (SSSR count). The maximum Gasteiger partial charge on any atom is 0.220 e. The Kier molecular flexibility index (Phi) is 7.11. The standard InChI is InChI=1S/C21H22N2O4S/c1-24-17-10-8-15(9-11-17)13-27-14-16-6-4-5-7-18(16)28-21-22-19(25-2)12-20(23-21)26-3/h4-12H,13-14H2,1-3H3. The largest absolute Gasteiger partial charge is 0.497 e. The van der Waals surface area contributed by atoms with Crippen LogP contribution in [0.15, 0.2) is 64.6 Å². The predicted molar refractivity (Wildman–Crippen MR) is 107 cm³/mol. The van der Waals surface area contributed by atoms with Gasteiger partial charge in [0.05, 0.1) is 40.6 Å². The van der Waals surface area contributed by atoms with Crippen LogP contribution in [0.4, 0.5) is 0 Å². The van der Waals surface area contributed by atoms with Crippen LogP contribution in [0.25, 0.3) is 0 Å². The highest BCUT2D eigenvalue weighted by molar-refractivity contribution is 7.99. The van der Waals surface area contributed by atoms with Crippen molar-refractivity contribution in [2.24, 2.45) is 0 Å². The number of hydrogen-bond acceptors (Lipinski definition) is 7. The Labute approximate surface area is 168 Å². The lowest BCUT2D eigenvalue weighted by Crippen LogP contribution is -1.98. The number of methoxy groups -OCH3 is 3. The van der Waals surface area contributed by atoms with Gasteiger partial charge in [-0.25, -0.2) is 0 Å². The Morgan fingerprint density at radius 2 is 1.46 bits per heavy atom. The molecule has 0 aliphatic rings. The molecule has 28 heavy (non-hydrogen) atoms. The molecule has 0 radical (unpaired) electrons. The van der Waals surface area contributed by atoms with Crippen LogP contribution in [0.3, 0.4) is 0 Å². The van der Waals surface area contributed by atoms with Crippen molar-refractivity contribution in [3.05, 3.63) is 65.7 Å². The van der Waals surface area contributed by atoms with E-state index in [1.54, 1.807) is 27.4 Å². The molecule has 2 aromatic carbocycles. The quantitative estimate of drug-likeness (QED) is 0.496. The first-order valence-electron chi connectivity index (χ1n) is 8.65. The highest BCUT2D eigenvalue weighted by Gasteiger charge is 2.10. The van der Waals surface area contributed by atoms with E-state index < -0.39 is 0 Å². The van der Waals surface area contributed by atoms with Gasteiger partial charge >= 0.3 is 0 Å². The average Bonchev–Trinajstić information content (AvgIpc) is 2.75. The summed E-state index contributed by atoms with van der Waals surface area (Å²) in [6.07, 6.45) is 0. The van der Waals surface area contributed by atoms with Gasteiger partial charge in [-0.2, -0.15) is 9.97 Å². The maximum atomic E-state index is 5.90. The summed E-state index contributed by atoms with van der Waals surface area (Å²) in [5.41, 5.74) is 2.15. The van der Waals surface area contributed by atoms with Gasteiger partial charge < -0.3 is 18.9 Å². The van der Waals surface area contributed by atoms with Crippen molar-refractivity contribution in [2.75, 3.05) is 21.3 Å². The Morgan fingerprint density at radius 3 is 2.11 bits per heavy atom. The first-order chi connectivity index (χ1) is 13.7. The Hall–Kier alpha value is -2.77. The summed E-state index contributed by atoms with van der Waals surface area (Å²) >= 11 is 1.45. The van der Waals surface area contributed by atoms with Crippen molar-refractivity contribution >= 4 is 11.8 Å². The molecule has 7 heteroatoms. The van der Waals surface area contributed by atoms with Crippen molar-refractivity contribution in [3.8, 4) is 17.5 Å². The van der Waals surface area contributed by atoms with Gasteiger partial charge in [-0.05, 0) is 41.1 Å². The minimum Gasteiger partial charge on any atom is -0.497 e. The van der Waals surface area contributed by atoms with Crippen LogP contribution in [-0.2, 0) is 18.0 Å². The molecular formula is C21H22N2O4S.